The van der Waals surface area contributed by atoms with Gasteiger partial charge in [-0.2, -0.15) is 0 Å². The van der Waals surface area contributed by atoms with Crippen molar-refractivity contribution in [3.63, 3.8) is 0 Å². The molecule has 1 aromatic rings. The lowest BCUT2D eigenvalue weighted by Gasteiger charge is -2.30. The quantitative estimate of drug-likeness (QED) is 0.805. The molecule has 124 valence electrons. The molecule has 1 aromatic carbocycles. The molecular weight excluding hydrogens is 375 g/mol. The van der Waals surface area contributed by atoms with Crippen LogP contribution in [0.25, 0.3) is 0 Å². The van der Waals surface area contributed by atoms with Crippen LogP contribution in [0.5, 0.6) is 5.75 Å². The predicted molar refractivity (Wildman–Crippen MR) is 89.8 cm³/mol. The molecule has 1 aliphatic rings. The Morgan fingerprint density at radius 3 is 2.68 bits per heavy atom. The van der Waals surface area contributed by atoms with Gasteiger partial charge in [-0.25, -0.2) is 4.39 Å². The minimum absolute atomic E-state index is 0. The van der Waals surface area contributed by atoms with E-state index in [1.165, 1.54) is 18.2 Å². The Hall–Kier alpha value is -0.850. The van der Waals surface area contributed by atoms with E-state index in [0.29, 0.717) is 16.8 Å². The Kier molecular flexibility index (Phi) is 7.09. The van der Waals surface area contributed by atoms with E-state index in [9.17, 15) is 9.18 Å². The third-order valence-electron chi connectivity index (χ3n) is 3.91. The van der Waals surface area contributed by atoms with E-state index in [-0.39, 0.29) is 29.7 Å². The van der Waals surface area contributed by atoms with Gasteiger partial charge in [0.15, 0.2) is 6.10 Å². The highest BCUT2D eigenvalue weighted by Crippen LogP contribution is 2.29. The van der Waals surface area contributed by atoms with Crippen molar-refractivity contribution in [2.24, 2.45) is 5.73 Å². The largest absolute Gasteiger partial charge is 0.480 e. The van der Waals surface area contributed by atoms with Crippen LogP contribution < -0.4 is 15.8 Å². The normalized spacial score (nSPS) is 17.5. The molecular formula is C15H21BrClFN2O2. The van der Waals surface area contributed by atoms with Gasteiger partial charge < -0.3 is 15.8 Å². The highest BCUT2D eigenvalue weighted by molar-refractivity contribution is 9.10. The van der Waals surface area contributed by atoms with Crippen LogP contribution in [0.4, 0.5) is 4.39 Å². The number of amides is 1. The smallest absolute Gasteiger partial charge is 0.261 e. The summed E-state index contributed by atoms with van der Waals surface area (Å²) in [5.41, 5.74) is 5.51. The monoisotopic (exact) mass is 394 g/mol. The molecule has 0 heterocycles. The molecule has 0 bridgehead atoms. The van der Waals surface area contributed by atoms with Crippen LogP contribution >= 0.6 is 28.3 Å². The predicted octanol–water partition coefficient (Wildman–Crippen LogP) is 3.17. The van der Waals surface area contributed by atoms with Gasteiger partial charge >= 0.3 is 0 Å². The first-order valence-corrected chi connectivity index (χ1v) is 7.89. The fraction of sp³-hybridized carbons (Fsp3) is 0.533. The lowest BCUT2D eigenvalue weighted by Crippen LogP contribution is -2.54. The summed E-state index contributed by atoms with van der Waals surface area (Å²) in [4.78, 5) is 12.3. The van der Waals surface area contributed by atoms with E-state index in [1.54, 1.807) is 6.92 Å². The number of nitrogens with one attached hydrogen (secondary N) is 1. The van der Waals surface area contributed by atoms with Crippen molar-refractivity contribution in [1.82, 2.24) is 5.32 Å². The first-order valence-electron chi connectivity index (χ1n) is 7.09. The van der Waals surface area contributed by atoms with Gasteiger partial charge in [-0.1, -0.05) is 12.8 Å². The van der Waals surface area contributed by atoms with Crippen molar-refractivity contribution in [1.29, 1.82) is 0 Å². The molecule has 0 radical (unpaired) electrons. The summed E-state index contributed by atoms with van der Waals surface area (Å²) < 4.78 is 19.1. The zero-order valence-electron chi connectivity index (χ0n) is 12.4. The Bertz CT molecular complexity index is 524. The number of ether oxygens (including phenoxy) is 1. The highest BCUT2D eigenvalue weighted by atomic mass is 79.9. The van der Waals surface area contributed by atoms with E-state index < -0.39 is 6.10 Å². The molecule has 0 aliphatic heterocycles. The minimum atomic E-state index is -0.671. The third kappa shape index (κ3) is 4.57. The molecule has 4 nitrogen and oxygen atoms in total. The van der Waals surface area contributed by atoms with E-state index >= 15 is 0 Å². The van der Waals surface area contributed by atoms with Gasteiger partial charge in [0.25, 0.3) is 5.91 Å². The van der Waals surface area contributed by atoms with Gasteiger partial charge in [0.05, 0.1) is 10.0 Å². The van der Waals surface area contributed by atoms with Crippen molar-refractivity contribution >= 4 is 34.2 Å². The summed E-state index contributed by atoms with van der Waals surface area (Å²) in [6.45, 7) is 2.11. The molecule has 1 fully saturated rings. The molecule has 1 amide bonds. The van der Waals surface area contributed by atoms with Gasteiger partial charge in [-0.3, -0.25) is 4.79 Å². The Balaban J connectivity index is 0.00000242. The summed E-state index contributed by atoms with van der Waals surface area (Å²) in [5.74, 6) is -0.120. The molecule has 7 heteroatoms. The molecule has 2 rings (SSSR count). The average Bonchev–Trinajstić information content (AvgIpc) is 2.91. The standard InChI is InChI=1S/C15H20BrFN2O2.ClH/c1-10(21-13-5-4-11(17)8-12(13)16)14(20)19-15(9-18)6-2-3-7-15;/h4-5,8,10H,2-3,6-7,9,18H2,1H3,(H,19,20);1H. The second kappa shape index (κ2) is 8.13. The number of hydrogen-bond donors (Lipinski definition) is 2. The van der Waals surface area contributed by atoms with Crippen molar-refractivity contribution in [3.05, 3.63) is 28.5 Å². The number of carbonyl (C=O) groups is 1. The van der Waals surface area contributed by atoms with E-state index in [2.05, 4.69) is 21.2 Å². The Morgan fingerprint density at radius 1 is 1.50 bits per heavy atom. The lowest BCUT2D eigenvalue weighted by molar-refractivity contribution is -0.129. The van der Waals surface area contributed by atoms with E-state index in [1.807, 2.05) is 0 Å². The van der Waals surface area contributed by atoms with Crippen LogP contribution in [0.1, 0.15) is 32.6 Å². The number of halogens is 3. The maximum atomic E-state index is 13.0. The fourth-order valence-electron chi connectivity index (χ4n) is 2.61. The van der Waals surface area contributed by atoms with Gasteiger partial charge in [0, 0.05) is 6.54 Å². The van der Waals surface area contributed by atoms with Crippen molar-refractivity contribution in [2.45, 2.75) is 44.2 Å². The number of carbonyl (C=O) groups excluding carboxylic acids is 1. The van der Waals surface area contributed by atoms with Gasteiger partial charge in [0.1, 0.15) is 11.6 Å². The summed E-state index contributed by atoms with van der Waals surface area (Å²) in [6, 6.07) is 4.10. The number of rotatable bonds is 5. The molecule has 0 spiro atoms. The highest BCUT2D eigenvalue weighted by Gasteiger charge is 2.35. The van der Waals surface area contributed by atoms with Gasteiger partial charge in [-0.15, -0.1) is 12.4 Å². The van der Waals surface area contributed by atoms with Crippen molar-refractivity contribution in [2.75, 3.05) is 6.54 Å². The molecule has 22 heavy (non-hydrogen) atoms. The second-order valence-corrected chi connectivity index (χ2v) is 6.37. The molecule has 1 saturated carbocycles. The Labute approximate surface area is 144 Å². The van der Waals surface area contributed by atoms with E-state index in [0.717, 1.165) is 25.7 Å². The molecule has 0 aromatic heterocycles. The SMILES string of the molecule is CC(Oc1ccc(F)cc1Br)C(=O)NC1(CN)CCCC1.Cl. The minimum Gasteiger partial charge on any atom is -0.480 e. The molecule has 0 saturated heterocycles. The third-order valence-corrected chi connectivity index (χ3v) is 4.53. The van der Waals surface area contributed by atoms with Crippen LogP contribution in [0.2, 0.25) is 0 Å². The second-order valence-electron chi connectivity index (χ2n) is 5.52. The van der Waals surface area contributed by atoms with Crippen LogP contribution in [0, 0.1) is 5.82 Å². The number of benzene rings is 1. The fourth-order valence-corrected chi connectivity index (χ4v) is 3.05. The molecule has 1 unspecified atom stereocenters. The zero-order valence-corrected chi connectivity index (χ0v) is 14.8. The first kappa shape index (κ1) is 19.2. The summed E-state index contributed by atoms with van der Waals surface area (Å²) in [5, 5.41) is 3.01. The Morgan fingerprint density at radius 2 is 2.14 bits per heavy atom. The van der Waals surface area contributed by atoms with E-state index in [4.69, 9.17) is 10.5 Å². The van der Waals surface area contributed by atoms with Crippen molar-refractivity contribution < 1.29 is 13.9 Å². The summed E-state index contributed by atoms with van der Waals surface area (Å²) >= 11 is 3.22. The molecule has 1 atom stereocenters. The lowest BCUT2D eigenvalue weighted by atomic mass is 9.97. The number of hydrogen-bond acceptors (Lipinski definition) is 3. The summed E-state index contributed by atoms with van der Waals surface area (Å²) in [7, 11) is 0. The topological polar surface area (TPSA) is 64.3 Å². The van der Waals surface area contributed by atoms with Crippen LogP contribution in [0.15, 0.2) is 22.7 Å². The maximum Gasteiger partial charge on any atom is 0.261 e. The summed E-state index contributed by atoms with van der Waals surface area (Å²) in [6.07, 6.45) is 3.30. The van der Waals surface area contributed by atoms with Crippen LogP contribution in [-0.4, -0.2) is 24.1 Å². The maximum absolute atomic E-state index is 13.0. The van der Waals surface area contributed by atoms with Crippen LogP contribution in [0.3, 0.4) is 0 Å². The first-order chi connectivity index (χ1) is 9.96. The van der Waals surface area contributed by atoms with Crippen LogP contribution in [-0.2, 0) is 4.79 Å². The molecule has 1 aliphatic carbocycles. The van der Waals surface area contributed by atoms with Crippen molar-refractivity contribution in [3.8, 4) is 5.75 Å². The van der Waals surface area contributed by atoms with Gasteiger partial charge in [0.2, 0.25) is 0 Å². The van der Waals surface area contributed by atoms with Gasteiger partial charge in [-0.05, 0) is 53.9 Å². The number of nitrogens with two attached hydrogens (primary N) is 1. The average molecular weight is 396 g/mol. The molecule has 3 N–H and O–H groups in total. The zero-order chi connectivity index (χ0) is 15.5.